The molecule has 1 aliphatic heterocycles. The van der Waals surface area contributed by atoms with Crippen molar-refractivity contribution < 1.29 is 19.5 Å². The lowest BCUT2D eigenvalue weighted by molar-refractivity contribution is -0.903. The van der Waals surface area contributed by atoms with Crippen LogP contribution in [0.4, 0.5) is 5.69 Å². The van der Waals surface area contributed by atoms with Gasteiger partial charge in [-0.3, -0.25) is 0 Å². The number of anilines is 1. The van der Waals surface area contributed by atoms with Crippen LogP contribution < -0.4 is 14.5 Å². The van der Waals surface area contributed by atoms with E-state index in [-0.39, 0.29) is 5.60 Å². The maximum Gasteiger partial charge on any atom is 0.126 e. The molecular weight excluding hydrogens is 292 g/mol. The number of rotatable bonds is 6. The highest BCUT2D eigenvalue weighted by Crippen LogP contribution is 2.18. The maximum absolute atomic E-state index is 10.1. The molecule has 1 aromatic carbocycles. The molecule has 1 atom stereocenters. The third kappa shape index (κ3) is 6.01. The number of hydrogen-bond donors (Lipinski definition) is 2. The molecule has 5 nitrogen and oxygen atoms in total. The molecule has 1 heterocycles. The lowest BCUT2D eigenvalue weighted by atomic mass is 10.2. The van der Waals surface area contributed by atoms with Crippen LogP contribution in [-0.4, -0.2) is 63.3 Å². The van der Waals surface area contributed by atoms with E-state index in [4.69, 9.17) is 9.47 Å². The smallest absolute Gasteiger partial charge is 0.126 e. The van der Waals surface area contributed by atoms with Crippen molar-refractivity contribution in [2.45, 2.75) is 32.5 Å². The quantitative estimate of drug-likeness (QED) is 0.804. The molecule has 1 aliphatic rings. The van der Waals surface area contributed by atoms with Crippen molar-refractivity contribution in [3.63, 3.8) is 0 Å². The summed E-state index contributed by atoms with van der Waals surface area (Å²) in [4.78, 5) is 3.83. The van der Waals surface area contributed by atoms with Gasteiger partial charge in [-0.25, -0.2) is 0 Å². The van der Waals surface area contributed by atoms with E-state index in [1.165, 1.54) is 10.6 Å². The second-order valence-corrected chi connectivity index (χ2v) is 7.22. The molecule has 5 heteroatoms. The number of piperazine rings is 1. The molecule has 2 N–H and O–H groups in total. The third-order valence-corrected chi connectivity index (χ3v) is 4.14. The Bertz CT molecular complexity index is 462. The molecule has 0 aromatic heterocycles. The molecule has 1 fully saturated rings. The Morgan fingerprint density at radius 3 is 2.30 bits per heavy atom. The summed E-state index contributed by atoms with van der Waals surface area (Å²) in [6.45, 7) is 11.3. The fraction of sp³-hybridized carbons (Fsp3) is 0.667. The van der Waals surface area contributed by atoms with Crippen molar-refractivity contribution in [3.05, 3.63) is 24.3 Å². The molecule has 1 saturated heterocycles. The van der Waals surface area contributed by atoms with Gasteiger partial charge < -0.3 is 24.4 Å². The van der Waals surface area contributed by atoms with Crippen LogP contribution in [0.2, 0.25) is 0 Å². The van der Waals surface area contributed by atoms with Gasteiger partial charge in [-0.2, -0.15) is 0 Å². The first-order valence-electron chi connectivity index (χ1n) is 8.42. The Morgan fingerprint density at radius 2 is 1.78 bits per heavy atom. The van der Waals surface area contributed by atoms with Crippen molar-refractivity contribution in [2.24, 2.45) is 0 Å². The lowest BCUT2D eigenvalue weighted by Crippen LogP contribution is -3.16. The first kappa shape index (κ1) is 18.0. The molecule has 1 aromatic rings. The van der Waals surface area contributed by atoms with Crippen LogP contribution in [0.15, 0.2) is 24.3 Å². The van der Waals surface area contributed by atoms with Crippen LogP contribution in [0.25, 0.3) is 0 Å². The zero-order valence-electron chi connectivity index (χ0n) is 14.8. The minimum absolute atomic E-state index is 0.191. The summed E-state index contributed by atoms with van der Waals surface area (Å²) in [6, 6.07) is 8.22. The summed E-state index contributed by atoms with van der Waals surface area (Å²) in [6.07, 6.45) is -0.392. The van der Waals surface area contributed by atoms with Gasteiger partial charge in [0.1, 0.15) is 18.4 Å². The molecule has 0 radical (unpaired) electrons. The number of ether oxygens (including phenoxy) is 2. The number of quaternary nitrogens is 1. The van der Waals surface area contributed by atoms with Crippen molar-refractivity contribution >= 4 is 5.69 Å². The van der Waals surface area contributed by atoms with E-state index in [2.05, 4.69) is 17.0 Å². The number of nitrogens with one attached hydrogen (secondary N) is 1. The Kier molecular flexibility index (Phi) is 6.27. The monoisotopic (exact) mass is 323 g/mol. The number of aliphatic hydroxyl groups is 1. The highest BCUT2D eigenvalue weighted by atomic mass is 16.5. The zero-order chi connectivity index (χ0) is 16.9. The largest absolute Gasteiger partial charge is 0.497 e. The fourth-order valence-corrected chi connectivity index (χ4v) is 2.82. The van der Waals surface area contributed by atoms with E-state index in [1.807, 2.05) is 32.9 Å². The SMILES string of the molecule is COc1ccc(N2CC[NH+](C[C@H](O)COC(C)(C)C)CC2)cc1. The molecule has 2 rings (SSSR count). The average Bonchev–Trinajstić information content (AvgIpc) is 2.53. The first-order chi connectivity index (χ1) is 10.9. The van der Waals surface area contributed by atoms with Crippen molar-refractivity contribution in [3.8, 4) is 5.75 Å². The predicted molar refractivity (Wildman–Crippen MR) is 92.5 cm³/mol. The van der Waals surface area contributed by atoms with E-state index in [0.717, 1.165) is 38.5 Å². The topological polar surface area (TPSA) is 46.4 Å². The second-order valence-electron chi connectivity index (χ2n) is 7.22. The minimum atomic E-state index is -0.392. The van der Waals surface area contributed by atoms with Gasteiger partial charge in [0.05, 0.1) is 45.5 Å². The van der Waals surface area contributed by atoms with Crippen molar-refractivity contribution in [1.82, 2.24) is 0 Å². The first-order valence-corrected chi connectivity index (χ1v) is 8.42. The van der Waals surface area contributed by atoms with Crippen molar-refractivity contribution in [1.29, 1.82) is 0 Å². The third-order valence-electron chi connectivity index (χ3n) is 4.14. The molecule has 0 amide bonds. The number of methoxy groups -OCH3 is 1. The molecule has 130 valence electrons. The Morgan fingerprint density at radius 1 is 1.17 bits per heavy atom. The van der Waals surface area contributed by atoms with Gasteiger partial charge in [-0.15, -0.1) is 0 Å². The fourth-order valence-electron chi connectivity index (χ4n) is 2.82. The minimum Gasteiger partial charge on any atom is -0.497 e. The van der Waals surface area contributed by atoms with E-state index in [1.54, 1.807) is 7.11 Å². The van der Waals surface area contributed by atoms with Gasteiger partial charge in [0.25, 0.3) is 0 Å². The Balaban J connectivity index is 1.74. The van der Waals surface area contributed by atoms with Crippen LogP contribution in [0.3, 0.4) is 0 Å². The Hall–Kier alpha value is -1.30. The zero-order valence-corrected chi connectivity index (χ0v) is 14.8. The van der Waals surface area contributed by atoms with Gasteiger partial charge in [0, 0.05) is 5.69 Å². The molecule has 0 bridgehead atoms. The summed E-state index contributed by atoms with van der Waals surface area (Å²) >= 11 is 0. The standard InChI is InChI=1S/C18H30N2O3/c1-18(2,3)23-14-16(21)13-19-9-11-20(12-10-19)15-5-7-17(22-4)8-6-15/h5-8,16,21H,9-14H2,1-4H3/p+1/t16-/m0/s1. The summed E-state index contributed by atoms with van der Waals surface area (Å²) < 4.78 is 10.9. The number of benzene rings is 1. The van der Waals surface area contributed by atoms with Crippen molar-refractivity contribution in [2.75, 3.05) is 51.3 Å². The van der Waals surface area contributed by atoms with Gasteiger partial charge in [0.15, 0.2) is 0 Å². The average molecular weight is 323 g/mol. The molecule has 0 saturated carbocycles. The highest BCUT2D eigenvalue weighted by Gasteiger charge is 2.23. The molecule has 23 heavy (non-hydrogen) atoms. The van der Waals surface area contributed by atoms with E-state index in [0.29, 0.717) is 6.61 Å². The normalized spacial score (nSPS) is 18.0. The van der Waals surface area contributed by atoms with Gasteiger partial charge in [-0.05, 0) is 45.0 Å². The van der Waals surface area contributed by atoms with E-state index >= 15 is 0 Å². The van der Waals surface area contributed by atoms with Gasteiger partial charge in [0.2, 0.25) is 0 Å². The van der Waals surface area contributed by atoms with Gasteiger partial charge in [-0.1, -0.05) is 0 Å². The molecule has 0 aliphatic carbocycles. The van der Waals surface area contributed by atoms with E-state index < -0.39 is 6.10 Å². The lowest BCUT2D eigenvalue weighted by Gasteiger charge is -2.34. The summed E-state index contributed by atoms with van der Waals surface area (Å²) in [5, 5.41) is 10.1. The summed E-state index contributed by atoms with van der Waals surface area (Å²) in [5.74, 6) is 0.889. The predicted octanol–water partition coefficient (Wildman–Crippen LogP) is 0.576. The van der Waals surface area contributed by atoms with Crippen LogP contribution in [-0.2, 0) is 4.74 Å². The van der Waals surface area contributed by atoms with Crippen LogP contribution in [0, 0.1) is 0 Å². The van der Waals surface area contributed by atoms with E-state index in [9.17, 15) is 5.11 Å². The van der Waals surface area contributed by atoms with Crippen LogP contribution >= 0.6 is 0 Å². The second kappa shape index (κ2) is 7.99. The van der Waals surface area contributed by atoms with Crippen LogP contribution in [0.5, 0.6) is 5.75 Å². The summed E-state index contributed by atoms with van der Waals surface area (Å²) in [7, 11) is 1.69. The van der Waals surface area contributed by atoms with Gasteiger partial charge >= 0.3 is 0 Å². The number of nitrogens with zero attached hydrogens (tertiary/aromatic N) is 1. The number of hydrogen-bond acceptors (Lipinski definition) is 4. The summed E-state index contributed by atoms with van der Waals surface area (Å²) in [5.41, 5.74) is 1.05. The van der Waals surface area contributed by atoms with Crippen LogP contribution in [0.1, 0.15) is 20.8 Å². The number of aliphatic hydroxyl groups excluding tert-OH is 1. The Labute approximate surface area is 139 Å². The highest BCUT2D eigenvalue weighted by molar-refractivity contribution is 5.49. The molecule has 0 spiro atoms. The maximum atomic E-state index is 10.1. The molecular formula is C18H31N2O3+. The molecule has 0 unspecified atom stereocenters.